The fourth-order valence-electron chi connectivity index (χ4n) is 2.04. The van der Waals surface area contributed by atoms with Crippen molar-refractivity contribution in [1.82, 2.24) is 10.3 Å². The molecule has 1 heterocycles. The van der Waals surface area contributed by atoms with Gasteiger partial charge in [0.25, 0.3) is 5.91 Å². The fourth-order valence-corrected chi connectivity index (χ4v) is 3.00. The number of rotatable bonds is 4. The van der Waals surface area contributed by atoms with Gasteiger partial charge in [-0.2, -0.15) is 0 Å². The van der Waals surface area contributed by atoms with E-state index in [1.165, 1.54) is 19.1 Å². The number of hydrogen-bond donors (Lipinski definition) is 1. The maximum Gasteiger partial charge on any atom is 0.351 e. The number of halogens is 1. The summed E-state index contributed by atoms with van der Waals surface area (Å²) in [6.07, 6.45) is -0.914. The molecule has 0 aliphatic heterocycles. The smallest absolute Gasteiger partial charge is 0.351 e. The molecule has 5 nitrogen and oxygen atoms in total. The lowest BCUT2D eigenvalue weighted by molar-refractivity contribution is -0.130. The average molecular weight is 364 g/mol. The highest BCUT2D eigenvalue weighted by Crippen LogP contribution is 2.28. The molecule has 2 rings (SSSR count). The number of aromatic nitrogens is 1. The van der Waals surface area contributed by atoms with Crippen LogP contribution in [0.25, 0.3) is 10.6 Å². The number of carbonyl (C=O) groups is 2. The van der Waals surface area contributed by atoms with Crippen LogP contribution >= 0.6 is 11.3 Å². The summed E-state index contributed by atoms with van der Waals surface area (Å²) in [4.78, 5) is 29.1. The minimum atomic E-state index is -0.914. The van der Waals surface area contributed by atoms with Gasteiger partial charge in [-0.25, -0.2) is 14.2 Å². The van der Waals surface area contributed by atoms with Gasteiger partial charge in [-0.1, -0.05) is 0 Å². The van der Waals surface area contributed by atoms with E-state index in [2.05, 4.69) is 10.3 Å². The van der Waals surface area contributed by atoms with Crippen molar-refractivity contribution in [1.29, 1.82) is 0 Å². The molecule has 1 amide bonds. The maximum atomic E-state index is 13.0. The third kappa shape index (κ3) is 5.09. The highest BCUT2D eigenvalue weighted by atomic mass is 32.1. The molecule has 0 radical (unpaired) electrons. The normalized spacial score (nSPS) is 12.6. The Morgan fingerprint density at radius 1 is 1.24 bits per heavy atom. The molecule has 0 bridgehead atoms. The molecule has 1 aromatic heterocycles. The van der Waals surface area contributed by atoms with Crippen molar-refractivity contribution >= 4 is 23.2 Å². The van der Waals surface area contributed by atoms with E-state index in [-0.39, 0.29) is 11.7 Å². The predicted molar refractivity (Wildman–Crippen MR) is 95.0 cm³/mol. The molecule has 0 saturated heterocycles. The number of carbonyl (C=O) groups excluding carboxylic acids is 2. The van der Waals surface area contributed by atoms with Crippen molar-refractivity contribution in [2.75, 3.05) is 0 Å². The number of aryl methyl sites for hydroxylation is 1. The first kappa shape index (κ1) is 19.1. The molecule has 1 N–H and O–H groups in total. The van der Waals surface area contributed by atoms with Crippen LogP contribution in [-0.2, 0) is 9.53 Å². The molecule has 0 saturated carbocycles. The molecule has 0 unspecified atom stereocenters. The summed E-state index contributed by atoms with van der Waals surface area (Å²) in [6, 6.07) is 5.87. The molecule has 2 aromatic rings. The lowest BCUT2D eigenvalue weighted by Gasteiger charge is -2.23. The second-order valence-electron chi connectivity index (χ2n) is 6.73. The Labute approximate surface area is 150 Å². The topological polar surface area (TPSA) is 68.3 Å². The highest BCUT2D eigenvalue weighted by molar-refractivity contribution is 7.17. The minimum absolute atomic E-state index is 0.328. The van der Waals surface area contributed by atoms with E-state index in [0.29, 0.717) is 21.1 Å². The Morgan fingerprint density at radius 3 is 2.40 bits per heavy atom. The lowest BCUT2D eigenvalue weighted by atomic mass is 10.1. The first-order valence-electron chi connectivity index (χ1n) is 7.83. The summed E-state index contributed by atoms with van der Waals surface area (Å²) in [6.45, 7) is 8.77. The predicted octanol–water partition coefficient (Wildman–Crippen LogP) is 3.72. The minimum Gasteiger partial charge on any atom is -0.448 e. The van der Waals surface area contributed by atoms with E-state index in [9.17, 15) is 14.0 Å². The maximum absolute atomic E-state index is 13.0. The van der Waals surface area contributed by atoms with Gasteiger partial charge in [0.2, 0.25) is 0 Å². The summed E-state index contributed by atoms with van der Waals surface area (Å²) in [5.74, 6) is -1.29. The van der Waals surface area contributed by atoms with Gasteiger partial charge >= 0.3 is 5.97 Å². The monoisotopic (exact) mass is 364 g/mol. The zero-order valence-electron chi connectivity index (χ0n) is 14.8. The van der Waals surface area contributed by atoms with E-state index in [1.807, 2.05) is 20.8 Å². The Kier molecular flexibility index (Phi) is 5.57. The standard InChI is InChI=1S/C18H21FN2O3S/c1-10-14(17(23)24-11(2)15(22)21-18(3,4)5)25-16(20-10)12-6-8-13(19)9-7-12/h6-9,11H,1-5H3,(H,21,22)/t11-/m1/s1. The van der Waals surface area contributed by atoms with Crippen LogP contribution in [0.3, 0.4) is 0 Å². The molecule has 1 atom stereocenters. The van der Waals surface area contributed by atoms with Crippen molar-refractivity contribution in [3.8, 4) is 10.6 Å². The molecule has 7 heteroatoms. The molecule has 25 heavy (non-hydrogen) atoms. The van der Waals surface area contributed by atoms with Crippen molar-refractivity contribution < 1.29 is 18.7 Å². The first-order valence-corrected chi connectivity index (χ1v) is 8.65. The number of esters is 1. The lowest BCUT2D eigenvalue weighted by Crippen LogP contribution is -2.46. The number of nitrogens with zero attached hydrogens (tertiary/aromatic N) is 1. The molecular formula is C18H21FN2O3S. The van der Waals surface area contributed by atoms with Gasteiger partial charge < -0.3 is 10.1 Å². The molecule has 0 aliphatic rings. The van der Waals surface area contributed by atoms with Gasteiger partial charge in [-0.15, -0.1) is 11.3 Å². The van der Waals surface area contributed by atoms with Crippen LogP contribution in [-0.4, -0.2) is 28.5 Å². The van der Waals surface area contributed by atoms with E-state index in [0.717, 1.165) is 11.3 Å². The average Bonchev–Trinajstić information content (AvgIpc) is 2.88. The van der Waals surface area contributed by atoms with Gasteiger partial charge in [0.1, 0.15) is 15.7 Å². The van der Waals surface area contributed by atoms with Crippen LogP contribution in [0.1, 0.15) is 43.1 Å². The molecule has 0 fully saturated rings. The number of nitrogens with one attached hydrogen (secondary N) is 1. The van der Waals surface area contributed by atoms with E-state index < -0.39 is 17.6 Å². The van der Waals surface area contributed by atoms with Crippen molar-refractivity contribution in [2.24, 2.45) is 0 Å². The van der Waals surface area contributed by atoms with Gasteiger partial charge in [0.05, 0.1) is 5.69 Å². The number of hydrogen-bond acceptors (Lipinski definition) is 5. The second-order valence-corrected chi connectivity index (χ2v) is 7.73. The third-order valence-electron chi connectivity index (χ3n) is 3.22. The SMILES string of the molecule is Cc1nc(-c2ccc(F)cc2)sc1C(=O)O[C@H](C)C(=O)NC(C)(C)C. The summed E-state index contributed by atoms with van der Waals surface area (Å²) in [5, 5.41) is 3.36. The summed E-state index contributed by atoms with van der Waals surface area (Å²) in [7, 11) is 0. The first-order chi connectivity index (χ1) is 11.6. The summed E-state index contributed by atoms with van der Waals surface area (Å²) < 4.78 is 18.3. The Morgan fingerprint density at radius 2 is 1.84 bits per heavy atom. The molecule has 0 spiro atoms. The quantitative estimate of drug-likeness (QED) is 0.840. The number of amides is 1. The van der Waals surface area contributed by atoms with Gasteiger partial charge in [-0.05, 0) is 58.9 Å². The zero-order chi connectivity index (χ0) is 18.8. The van der Waals surface area contributed by atoms with Gasteiger partial charge in [0.15, 0.2) is 6.10 Å². The van der Waals surface area contributed by atoms with Crippen molar-refractivity contribution in [2.45, 2.75) is 46.3 Å². The number of ether oxygens (including phenoxy) is 1. The van der Waals surface area contributed by atoms with Crippen molar-refractivity contribution in [3.05, 3.63) is 40.7 Å². The zero-order valence-corrected chi connectivity index (χ0v) is 15.7. The summed E-state index contributed by atoms with van der Waals surface area (Å²) >= 11 is 1.15. The van der Waals surface area contributed by atoms with E-state index in [1.54, 1.807) is 19.1 Å². The van der Waals surface area contributed by atoms with Crippen molar-refractivity contribution in [3.63, 3.8) is 0 Å². The summed E-state index contributed by atoms with van der Waals surface area (Å²) in [5.41, 5.74) is 0.818. The second kappa shape index (κ2) is 7.31. The highest BCUT2D eigenvalue weighted by Gasteiger charge is 2.25. The van der Waals surface area contributed by atoms with Crippen LogP contribution in [0.4, 0.5) is 4.39 Å². The third-order valence-corrected chi connectivity index (χ3v) is 4.41. The molecular weight excluding hydrogens is 343 g/mol. The molecule has 134 valence electrons. The Bertz CT molecular complexity index is 779. The van der Waals surface area contributed by atoms with E-state index in [4.69, 9.17) is 4.74 Å². The van der Waals surface area contributed by atoms with Crippen LogP contribution in [0.15, 0.2) is 24.3 Å². The van der Waals surface area contributed by atoms with Gasteiger partial charge in [-0.3, -0.25) is 4.79 Å². The Balaban J connectivity index is 2.12. The number of thiazole rings is 1. The Hall–Kier alpha value is -2.28. The van der Waals surface area contributed by atoms with Crippen LogP contribution in [0, 0.1) is 12.7 Å². The largest absolute Gasteiger partial charge is 0.448 e. The van der Waals surface area contributed by atoms with E-state index >= 15 is 0 Å². The molecule has 1 aromatic carbocycles. The number of benzene rings is 1. The van der Waals surface area contributed by atoms with Crippen LogP contribution < -0.4 is 5.32 Å². The van der Waals surface area contributed by atoms with Crippen LogP contribution in [0.5, 0.6) is 0 Å². The van der Waals surface area contributed by atoms with Crippen LogP contribution in [0.2, 0.25) is 0 Å². The molecule has 0 aliphatic carbocycles. The fraction of sp³-hybridized carbons (Fsp3) is 0.389. The van der Waals surface area contributed by atoms with Gasteiger partial charge in [0, 0.05) is 11.1 Å².